The Morgan fingerprint density at radius 1 is 1.07 bits per heavy atom. The van der Waals surface area contributed by atoms with Gasteiger partial charge in [0.05, 0.1) is 11.9 Å². The fraction of sp³-hybridized carbons (Fsp3) is 0.613. The fourth-order valence-electron chi connectivity index (χ4n) is 5.29. The number of piperazine rings is 1. The smallest absolute Gasteiger partial charge is 0.410 e. The van der Waals surface area contributed by atoms with E-state index in [2.05, 4.69) is 39.9 Å². The van der Waals surface area contributed by atoms with Gasteiger partial charge in [0.1, 0.15) is 24.1 Å². The molecule has 0 saturated carbocycles. The molecule has 0 aliphatic carbocycles. The van der Waals surface area contributed by atoms with Gasteiger partial charge in [0.15, 0.2) is 11.5 Å². The van der Waals surface area contributed by atoms with Gasteiger partial charge in [0, 0.05) is 45.8 Å². The van der Waals surface area contributed by atoms with Crippen molar-refractivity contribution in [1.82, 2.24) is 34.4 Å². The maximum absolute atomic E-state index is 12.8. The Hall–Kier alpha value is -4.16. The topological polar surface area (TPSA) is 144 Å². The molecule has 0 atom stereocenters. The SMILES string of the molecule is CCCC(CCC)Oc1nc(N)c2ncc(Cc3cnc(N4CCN(C(=O)CN(C)C(=O)OC(C)(C)C)CC4)c(C)c3)n2n1. The average Bonchev–Trinajstić information content (AvgIpc) is 3.35. The molecule has 1 aliphatic rings. The van der Waals surface area contributed by atoms with Gasteiger partial charge >= 0.3 is 12.1 Å². The number of nitrogens with zero attached hydrogens (tertiary/aromatic N) is 8. The summed E-state index contributed by atoms with van der Waals surface area (Å²) < 4.78 is 13.2. The van der Waals surface area contributed by atoms with Crippen molar-refractivity contribution >= 4 is 29.3 Å². The molecule has 2 N–H and O–H groups in total. The first-order chi connectivity index (χ1) is 20.9. The molecular formula is C31H47N9O4. The normalized spacial score (nSPS) is 13.9. The lowest BCUT2D eigenvalue weighted by molar-refractivity contribution is -0.132. The van der Waals surface area contributed by atoms with Crippen molar-refractivity contribution in [2.45, 2.75) is 85.4 Å². The van der Waals surface area contributed by atoms with E-state index in [1.165, 1.54) is 4.90 Å². The van der Waals surface area contributed by atoms with Crippen LogP contribution < -0.4 is 15.4 Å². The van der Waals surface area contributed by atoms with Crippen LogP contribution in [0, 0.1) is 6.92 Å². The van der Waals surface area contributed by atoms with Crippen molar-refractivity contribution in [3.8, 4) is 6.01 Å². The number of amides is 2. The predicted molar refractivity (Wildman–Crippen MR) is 169 cm³/mol. The van der Waals surface area contributed by atoms with Gasteiger partial charge in [-0.05, 0) is 51.7 Å². The van der Waals surface area contributed by atoms with Crippen molar-refractivity contribution in [3.63, 3.8) is 0 Å². The van der Waals surface area contributed by atoms with Crippen molar-refractivity contribution < 1.29 is 19.1 Å². The Bertz CT molecular complexity index is 1440. The van der Waals surface area contributed by atoms with Gasteiger partial charge in [-0.2, -0.15) is 4.98 Å². The highest BCUT2D eigenvalue weighted by Crippen LogP contribution is 2.23. The van der Waals surface area contributed by atoms with E-state index < -0.39 is 11.7 Å². The van der Waals surface area contributed by atoms with Crippen LogP contribution in [0.15, 0.2) is 18.5 Å². The highest BCUT2D eigenvalue weighted by molar-refractivity contribution is 5.82. The van der Waals surface area contributed by atoms with E-state index in [1.807, 2.05) is 13.1 Å². The van der Waals surface area contributed by atoms with Crippen LogP contribution in [0.3, 0.4) is 0 Å². The molecule has 0 spiro atoms. The second kappa shape index (κ2) is 14.1. The summed E-state index contributed by atoms with van der Waals surface area (Å²) in [5.74, 6) is 1.08. The first-order valence-electron chi connectivity index (χ1n) is 15.5. The summed E-state index contributed by atoms with van der Waals surface area (Å²) in [6, 6.07) is 2.38. The molecule has 0 unspecified atom stereocenters. The number of rotatable bonds is 11. The van der Waals surface area contributed by atoms with Crippen molar-refractivity contribution in [1.29, 1.82) is 0 Å². The van der Waals surface area contributed by atoms with Gasteiger partial charge in [-0.1, -0.05) is 32.8 Å². The summed E-state index contributed by atoms with van der Waals surface area (Å²) in [6.07, 6.45) is 7.63. The molecule has 240 valence electrons. The van der Waals surface area contributed by atoms with Crippen molar-refractivity contribution in [2.75, 3.05) is 50.4 Å². The Morgan fingerprint density at radius 2 is 1.75 bits per heavy atom. The van der Waals surface area contributed by atoms with E-state index in [4.69, 9.17) is 20.2 Å². The zero-order chi connectivity index (χ0) is 32.0. The van der Waals surface area contributed by atoms with Crippen LogP contribution in [-0.2, 0) is 16.0 Å². The minimum atomic E-state index is -0.611. The number of hydrogen-bond acceptors (Lipinski definition) is 10. The fourth-order valence-corrected chi connectivity index (χ4v) is 5.29. The standard InChI is InChI=1S/C31H47N9O4/c1-8-10-24(11-9-2)43-29-35-26(32)28-34-19-23(40(28)36-29)17-22-16-21(3)27(33-18-22)39-14-12-38(13-15-39)25(41)20-37(7)30(42)44-31(4,5)6/h16,18-19,24H,8-15,17,20H2,1-7H3,(H2,32,35,36). The van der Waals surface area contributed by atoms with Gasteiger partial charge < -0.3 is 29.9 Å². The zero-order valence-corrected chi connectivity index (χ0v) is 27.2. The number of nitrogens with two attached hydrogens (primary N) is 1. The second-order valence-electron chi connectivity index (χ2n) is 12.4. The van der Waals surface area contributed by atoms with E-state index in [0.29, 0.717) is 38.2 Å². The molecule has 44 heavy (non-hydrogen) atoms. The van der Waals surface area contributed by atoms with E-state index in [9.17, 15) is 9.59 Å². The molecule has 13 nitrogen and oxygen atoms in total. The zero-order valence-electron chi connectivity index (χ0n) is 27.2. The highest BCUT2D eigenvalue weighted by atomic mass is 16.6. The molecule has 3 aromatic heterocycles. The number of aryl methyl sites for hydroxylation is 1. The number of imidazole rings is 1. The van der Waals surface area contributed by atoms with Crippen molar-refractivity contribution in [3.05, 3.63) is 35.3 Å². The largest absolute Gasteiger partial charge is 0.459 e. The summed E-state index contributed by atoms with van der Waals surface area (Å²) in [5, 5.41) is 4.63. The van der Waals surface area contributed by atoms with Crippen LogP contribution >= 0.6 is 0 Å². The van der Waals surface area contributed by atoms with Crippen LogP contribution in [0.5, 0.6) is 6.01 Å². The molecule has 13 heteroatoms. The van der Waals surface area contributed by atoms with E-state index in [1.54, 1.807) is 43.4 Å². The number of pyridine rings is 1. The molecule has 4 heterocycles. The second-order valence-corrected chi connectivity index (χ2v) is 12.4. The van der Waals surface area contributed by atoms with Crippen LogP contribution in [0.2, 0.25) is 0 Å². The predicted octanol–water partition coefficient (Wildman–Crippen LogP) is 3.86. The number of ether oxygens (including phenoxy) is 2. The summed E-state index contributed by atoms with van der Waals surface area (Å²) in [7, 11) is 1.58. The van der Waals surface area contributed by atoms with Crippen molar-refractivity contribution in [2.24, 2.45) is 0 Å². The van der Waals surface area contributed by atoms with E-state index >= 15 is 0 Å². The Labute approximate surface area is 259 Å². The lowest BCUT2D eigenvalue weighted by atomic mass is 10.1. The van der Waals surface area contributed by atoms with E-state index in [-0.39, 0.29) is 30.4 Å². The van der Waals surface area contributed by atoms with Crippen LogP contribution in [0.25, 0.3) is 5.65 Å². The molecule has 2 amide bonds. The number of likely N-dealkylation sites (N-methyl/N-ethyl adjacent to an activating group) is 1. The van der Waals surface area contributed by atoms with Gasteiger partial charge in [-0.15, -0.1) is 5.10 Å². The molecule has 1 saturated heterocycles. The summed E-state index contributed by atoms with van der Waals surface area (Å²) >= 11 is 0. The molecule has 4 rings (SSSR count). The Morgan fingerprint density at radius 3 is 2.36 bits per heavy atom. The van der Waals surface area contributed by atoms with Gasteiger partial charge in [-0.3, -0.25) is 4.79 Å². The molecule has 3 aromatic rings. The molecule has 0 radical (unpaired) electrons. The summed E-state index contributed by atoms with van der Waals surface area (Å²) in [4.78, 5) is 44.0. The first kappa shape index (κ1) is 32.7. The third-order valence-corrected chi connectivity index (χ3v) is 7.43. The quantitative estimate of drug-likeness (QED) is 0.340. The Balaban J connectivity index is 1.38. The lowest BCUT2D eigenvalue weighted by Gasteiger charge is -2.36. The highest BCUT2D eigenvalue weighted by Gasteiger charge is 2.27. The summed E-state index contributed by atoms with van der Waals surface area (Å²) in [6.45, 7) is 14.1. The third-order valence-electron chi connectivity index (χ3n) is 7.43. The maximum Gasteiger partial charge on any atom is 0.410 e. The number of hydrogen-bond donors (Lipinski definition) is 1. The maximum atomic E-state index is 12.8. The number of anilines is 2. The van der Waals surface area contributed by atoms with Crippen LogP contribution in [-0.4, -0.2) is 97.8 Å². The molecular weight excluding hydrogens is 562 g/mol. The van der Waals surface area contributed by atoms with Gasteiger partial charge in [-0.25, -0.2) is 19.3 Å². The van der Waals surface area contributed by atoms with Gasteiger partial charge in [0.25, 0.3) is 0 Å². The molecule has 0 bridgehead atoms. The minimum absolute atomic E-state index is 0.0214. The number of carbonyl (C=O) groups excluding carboxylic acids is 2. The third kappa shape index (κ3) is 8.26. The lowest BCUT2D eigenvalue weighted by Crippen LogP contribution is -2.52. The number of carbonyl (C=O) groups is 2. The number of aromatic nitrogens is 5. The van der Waals surface area contributed by atoms with Gasteiger partial charge in [0.2, 0.25) is 5.91 Å². The van der Waals surface area contributed by atoms with Crippen LogP contribution in [0.4, 0.5) is 16.4 Å². The Kier molecular flexibility index (Phi) is 10.5. The number of nitrogen functional groups attached to an aromatic ring is 1. The average molecular weight is 610 g/mol. The van der Waals surface area contributed by atoms with Crippen LogP contribution in [0.1, 0.15) is 77.1 Å². The monoisotopic (exact) mass is 609 g/mol. The molecule has 1 fully saturated rings. The number of fused-ring (bicyclic) bond motifs is 1. The molecule has 0 aromatic carbocycles. The first-order valence-corrected chi connectivity index (χ1v) is 15.5. The minimum Gasteiger partial charge on any atom is -0.459 e. The van der Waals surface area contributed by atoms with E-state index in [0.717, 1.165) is 48.3 Å². The molecule has 1 aliphatic heterocycles. The summed E-state index contributed by atoms with van der Waals surface area (Å²) in [5.41, 5.74) is 9.03.